The Hall–Kier alpha value is -0.440. The van der Waals surface area contributed by atoms with Crippen LogP contribution < -0.4 is 0 Å². The number of hydrogen-bond acceptors (Lipinski definition) is 2. The third-order valence-corrected chi connectivity index (χ3v) is 2.72. The van der Waals surface area contributed by atoms with Gasteiger partial charge >= 0.3 is 0 Å². The van der Waals surface area contributed by atoms with Gasteiger partial charge in [0.25, 0.3) is 0 Å². The molecule has 0 spiro atoms. The summed E-state index contributed by atoms with van der Waals surface area (Å²) in [5.74, 6) is 1.71. The highest BCUT2D eigenvalue weighted by molar-refractivity contribution is 8.00. The van der Waals surface area contributed by atoms with Crippen molar-refractivity contribution in [3.63, 3.8) is 0 Å². The van der Waals surface area contributed by atoms with Crippen LogP contribution in [0.5, 0.6) is 0 Å². The summed E-state index contributed by atoms with van der Waals surface area (Å²) in [5, 5.41) is 0. The standard InChI is InChI=1S/C11H21NOS/c1-4-7-12(8-5-2)11(13)10-14-9-6-3/h6H,3-5,7-10H2,1-2H3. The highest BCUT2D eigenvalue weighted by Crippen LogP contribution is 2.04. The summed E-state index contributed by atoms with van der Waals surface area (Å²) in [6, 6.07) is 0. The van der Waals surface area contributed by atoms with Gasteiger partial charge in [-0.3, -0.25) is 4.79 Å². The Labute approximate surface area is 91.7 Å². The SMILES string of the molecule is C=CCSCC(=O)N(CCC)CCC. The molecule has 0 N–H and O–H groups in total. The zero-order valence-corrected chi connectivity index (χ0v) is 10.1. The van der Waals surface area contributed by atoms with Gasteiger partial charge in [-0.15, -0.1) is 18.3 Å². The Morgan fingerprint density at radius 2 is 1.93 bits per heavy atom. The van der Waals surface area contributed by atoms with Gasteiger partial charge in [0.05, 0.1) is 5.75 Å². The lowest BCUT2D eigenvalue weighted by molar-refractivity contribution is -0.128. The first-order valence-corrected chi connectivity index (χ1v) is 6.38. The van der Waals surface area contributed by atoms with Gasteiger partial charge in [-0.2, -0.15) is 0 Å². The van der Waals surface area contributed by atoms with Crippen LogP contribution in [0.3, 0.4) is 0 Å². The van der Waals surface area contributed by atoms with Crippen molar-refractivity contribution in [1.82, 2.24) is 4.90 Å². The maximum atomic E-state index is 11.7. The van der Waals surface area contributed by atoms with Crippen LogP contribution in [-0.2, 0) is 4.79 Å². The van der Waals surface area contributed by atoms with Crippen LogP contribution in [0.1, 0.15) is 26.7 Å². The summed E-state index contributed by atoms with van der Waals surface area (Å²) in [4.78, 5) is 13.6. The Kier molecular flexibility index (Phi) is 8.84. The van der Waals surface area contributed by atoms with Crippen molar-refractivity contribution in [3.8, 4) is 0 Å². The average molecular weight is 215 g/mol. The van der Waals surface area contributed by atoms with Gasteiger partial charge < -0.3 is 4.90 Å². The van der Waals surface area contributed by atoms with E-state index in [2.05, 4.69) is 20.4 Å². The quantitative estimate of drug-likeness (QED) is 0.458. The van der Waals surface area contributed by atoms with E-state index in [0.717, 1.165) is 31.7 Å². The largest absolute Gasteiger partial charge is 0.342 e. The van der Waals surface area contributed by atoms with Gasteiger partial charge in [0.15, 0.2) is 0 Å². The Morgan fingerprint density at radius 1 is 1.36 bits per heavy atom. The van der Waals surface area contributed by atoms with Crippen molar-refractivity contribution in [3.05, 3.63) is 12.7 Å². The zero-order chi connectivity index (χ0) is 10.8. The molecule has 0 aromatic heterocycles. The van der Waals surface area contributed by atoms with Crippen molar-refractivity contribution in [2.75, 3.05) is 24.6 Å². The number of rotatable bonds is 8. The van der Waals surface area contributed by atoms with Crippen molar-refractivity contribution in [1.29, 1.82) is 0 Å². The van der Waals surface area contributed by atoms with Gasteiger partial charge in [-0.1, -0.05) is 19.9 Å². The summed E-state index contributed by atoms with van der Waals surface area (Å²) in [5.41, 5.74) is 0. The van der Waals surface area contributed by atoms with Crippen LogP contribution in [0, 0.1) is 0 Å². The molecule has 2 nitrogen and oxygen atoms in total. The summed E-state index contributed by atoms with van der Waals surface area (Å²) in [6.07, 6.45) is 3.91. The second kappa shape index (κ2) is 9.13. The lowest BCUT2D eigenvalue weighted by Crippen LogP contribution is -2.33. The first kappa shape index (κ1) is 13.6. The summed E-state index contributed by atoms with van der Waals surface area (Å²) < 4.78 is 0. The maximum Gasteiger partial charge on any atom is 0.232 e. The van der Waals surface area contributed by atoms with Crippen molar-refractivity contribution in [2.24, 2.45) is 0 Å². The summed E-state index contributed by atoms with van der Waals surface area (Å²) >= 11 is 1.63. The van der Waals surface area contributed by atoms with E-state index < -0.39 is 0 Å². The maximum absolute atomic E-state index is 11.7. The monoisotopic (exact) mass is 215 g/mol. The molecule has 0 aliphatic carbocycles. The molecule has 0 aliphatic heterocycles. The average Bonchev–Trinajstić information content (AvgIpc) is 2.18. The predicted octanol–water partition coefficient (Wildman–Crippen LogP) is 2.55. The Morgan fingerprint density at radius 3 is 2.36 bits per heavy atom. The molecule has 82 valence electrons. The van der Waals surface area contributed by atoms with Crippen molar-refractivity contribution >= 4 is 17.7 Å². The smallest absolute Gasteiger partial charge is 0.232 e. The van der Waals surface area contributed by atoms with Gasteiger partial charge in [-0.05, 0) is 12.8 Å². The van der Waals surface area contributed by atoms with Crippen LogP contribution in [0.2, 0.25) is 0 Å². The number of carbonyl (C=O) groups excluding carboxylic acids is 1. The number of amides is 1. The lowest BCUT2D eigenvalue weighted by atomic mass is 10.3. The topological polar surface area (TPSA) is 20.3 Å². The second-order valence-corrected chi connectivity index (χ2v) is 4.21. The minimum absolute atomic E-state index is 0.264. The zero-order valence-electron chi connectivity index (χ0n) is 9.29. The molecular weight excluding hydrogens is 194 g/mol. The minimum atomic E-state index is 0.264. The molecule has 0 heterocycles. The molecule has 0 aromatic carbocycles. The number of hydrogen-bond donors (Lipinski definition) is 0. The van der Waals surface area contributed by atoms with Crippen LogP contribution in [0.15, 0.2) is 12.7 Å². The van der Waals surface area contributed by atoms with Crippen LogP contribution in [-0.4, -0.2) is 35.4 Å². The van der Waals surface area contributed by atoms with Crippen molar-refractivity contribution in [2.45, 2.75) is 26.7 Å². The normalized spacial score (nSPS) is 9.86. The second-order valence-electron chi connectivity index (χ2n) is 3.18. The number of carbonyl (C=O) groups is 1. The molecule has 0 rings (SSSR count). The molecule has 0 aromatic rings. The van der Waals surface area contributed by atoms with Crippen molar-refractivity contribution < 1.29 is 4.79 Å². The molecule has 0 bridgehead atoms. The van der Waals surface area contributed by atoms with Crippen LogP contribution in [0.25, 0.3) is 0 Å². The third kappa shape index (κ3) is 6.08. The van der Waals surface area contributed by atoms with Gasteiger partial charge in [-0.25, -0.2) is 0 Å². The molecule has 0 fully saturated rings. The fourth-order valence-corrected chi connectivity index (χ4v) is 1.86. The van der Waals surface area contributed by atoms with E-state index in [0.29, 0.717) is 5.75 Å². The third-order valence-electron chi connectivity index (χ3n) is 1.80. The van der Waals surface area contributed by atoms with Crippen LogP contribution in [0.4, 0.5) is 0 Å². The van der Waals surface area contributed by atoms with E-state index >= 15 is 0 Å². The van der Waals surface area contributed by atoms with E-state index in [1.165, 1.54) is 0 Å². The van der Waals surface area contributed by atoms with E-state index in [1.807, 2.05) is 11.0 Å². The molecule has 0 unspecified atom stereocenters. The molecule has 0 saturated heterocycles. The molecule has 0 aliphatic rings. The first-order chi connectivity index (χ1) is 6.76. The molecule has 14 heavy (non-hydrogen) atoms. The fraction of sp³-hybridized carbons (Fsp3) is 0.727. The molecular formula is C11H21NOS. The first-order valence-electron chi connectivity index (χ1n) is 5.22. The Bertz CT molecular complexity index is 165. The molecule has 0 saturated carbocycles. The molecule has 3 heteroatoms. The van der Waals surface area contributed by atoms with E-state index in [9.17, 15) is 4.79 Å². The number of thioether (sulfide) groups is 1. The van der Waals surface area contributed by atoms with E-state index in [-0.39, 0.29) is 5.91 Å². The minimum Gasteiger partial charge on any atom is -0.342 e. The van der Waals surface area contributed by atoms with E-state index in [4.69, 9.17) is 0 Å². The highest BCUT2D eigenvalue weighted by atomic mass is 32.2. The van der Waals surface area contributed by atoms with Crippen LogP contribution >= 0.6 is 11.8 Å². The highest BCUT2D eigenvalue weighted by Gasteiger charge is 2.10. The Balaban J connectivity index is 3.81. The molecule has 0 radical (unpaired) electrons. The lowest BCUT2D eigenvalue weighted by Gasteiger charge is -2.21. The fourth-order valence-electron chi connectivity index (χ4n) is 1.22. The summed E-state index contributed by atoms with van der Waals surface area (Å²) in [6.45, 7) is 9.62. The molecule has 1 amide bonds. The van der Waals surface area contributed by atoms with Gasteiger partial charge in [0.2, 0.25) is 5.91 Å². The predicted molar refractivity (Wildman–Crippen MR) is 64.7 cm³/mol. The van der Waals surface area contributed by atoms with Gasteiger partial charge in [0.1, 0.15) is 0 Å². The molecule has 0 atom stereocenters. The van der Waals surface area contributed by atoms with E-state index in [1.54, 1.807) is 11.8 Å². The van der Waals surface area contributed by atoms with Gasteiger partial charge in [0, 0.05) is 18.8 Å². The number of nitrogens with zero attached hydrogens (tertiary/aromatic N) is 1. The summed E-state index contributed by atoms with van der Waals surface area (Å²) in [7, 11) is 0.